The van der Waals surface area contributed by atoms with Gasteiger partial charge in [-0.1, -0.05) is 254 Å². The molecule has 7 atom stereocenters. The molecule has 1 amide bonds. The minimum Gasteiger partial charge on any atom is -0.466 e. The van der Waals surface area contributed by atoms with Crippen LogP contribution in [0.3, 0.4) is 0 Å². The van der Waals surface area contributed by atoms with E-state index < -0.39 is 49.5 Å². The molecule has 470 valence electrons. The number of nitrogens with one attached hydrogen (secondary N) is 1. The number of amides is 1. The lowest BCUT2D eigenvalue weighted by molar-refractivity contribution is -0.302. The van der Waals surface area contributed by atoms with E-state index in [9.17, 15) is 35.1 Å². The maximum atomic E-state index is 13.0. The SMILES string of the molecule is CCC/C=C\C/C=C\CCCCCCCC(=O)OCCCCCCCCCCC/C=C\C/C=C\CCCCCCCCCCCCCCCC(=O)NC(COC1OC(CO)C(O)C(O)C1O)C(O)/C=C/CC/C=C/CCCCCCC. The number of aliphatic hydroxyl groups is 5. The number of carbonyl (C=O) groups is 2. The zero-order chi connectivity index (χ0) is 58.7. The van der Waals surface area contributed by atoms with Gasteiger partial charge in [0, 0.05) is 12.8 Å². The van der Waals surface area contributed by atoms with E-state index in [1.54, 1.807) is 6.08 Å². The molecule has 0 spiro atoms. The van der Waals surface area contributed by atoms with Gasteiger partial charge in [0.2, 0.25) is 5.91 Å². The number of hydrogen-bond donors (Lipinski definition) is 6. The maximum absolute atomic E-state index is 13.0. The van der Waals surface area contributed by atoms with E-state index in [4.69, 9.17) is 14.2 Å². The third-order valence-electron chi connectivity index (χ3n) is 15.5. The molecular formula is C70H125NO10. The van der Waals surface area contributed by atoms with Crippen molar-refractivity contribution in [3.63, 3.8) is 0 Å². The van der Waals surface area contributed by atoms with Gasteiger partial charge in [0.05, 0.1) is 32.0 Å². The fourth-order valence-corrected chi connectivity index (χ4v) is 10.2. The largest absolute Gasteiger partial charge is 0.466 e. The fraction of sp³-hybridized carbons (Fsp3) is 0.800. The van der Waals surface area contributed by atoms with Crippen LogP contribution in [0, 0.1) is 0 Å². The van der Waals surface area contributed by atoms with E-state index in [0.717, 1.165) is 83.5 Å². The molecule has 11 nitrogen and oxygen atoms in total. The van der Waals surface area contributed by atoms with Crippen LogP contribution in [0.25, 0.3) is 0 Å². The first-order valence-electron chi connectivity index (χ1n) is 33.7. The van der Waals surface area contributed by atoms with E-state index in [2.05, 4.69) is 79.9 Å². The van der Waals surface area contributed by atoms with Crippen LogP contribution in [0.2, 0.25) is 0 Å². The number of carbonyl (C=O) groups excluding carboxylic acids is 2. The Kier molecular flexibility index (Phi) is 55.3. The van der Waals surface area contributed by atoms with Crippen molar-refractivity contribution >= 4 is 11.9 Å². The zero-order valence-corrected chi connectivity index (χ0v) is 52.0. The Morgan fingerprint density at radius 3 is 1.35 bits per heavy atom. The highest BCUT2D eigenvalue weighted by Gasteiger charge is 2.44. The Morgan fingerprint density at radius 2 is 0.864 bits per heavy atom. The molecule has 0 aromatic rings. The summed E-state index contributed by atoms with van der Waals surface area (Å²) >= 11 is 0. The van der Waals surface area contributed by atoms with Gasteiger partial charge in [-0.25, -0.2) is 0 Å². The summed E-state index contributed by atoms with van der Waals surface area (Å²) in [5.74, 6) is -0.208. The molecule has 1 heterocycles. The van der Waals surface area contributed by atoms with Crippen LogP contribution in [0.4, 0.5) is 0 Å². The summed E-state index contributed by atoms with van der Waals surface area (Å²) in [5.41, 5.74) is 0. The van der Waals surface area contributed by atoms with Gasteiger partial charge in [0.15, 0.2) is 6.29 Å². The molecule has 6 N–H and O–H groups in total. The predicted octanol–water partition coefficient (Wildman–Crippen LogP) is 16.7. The van der Waals surface area contributed by atoms with Crippen molar-refractivity contribution in [1.29, 1.82) is 0 Å². The van der Waals surface area contributed by atoms with Gasteiger partial charge in [-0.05, 0) is 103 Å². The smallest absolute Gasteiger partial charge is 0.305 e. The summed E-state index contributed by atoms with van der Waals surface area (Å²) in [6, 6.07) is -0.829. The Morgan fingerprint density at radius 1 is 0.457 bits per heavy atom. The molecule has 1 fully saturated rings. The van der Waals surface area contributed by atoms with Crippen LogP contribution < -0.4 is 5.32 Å². The lowest BCUT2D eigenvalue weighted by atomic mass is 9.99. The number of unbranched alkanes of at least 4 members (excludes halogenated alkanes) is 34. The van der Waals surface area contributed by atoms with Gasteiger partial charge in [-0.15, -0.1) is 0 Å². The standard InChI is InChI=1S/C70H125NO10/c1-3-5-7-9-11-13-15-33-38-42-46-50-54-58-66(75)79-59-55-51-47-43-39-35-32-30-28-26-24-22-20-18-16-17-19-21-23-25-27-29-31-34-37-41-45-49-53-57-65(74)71-62(61-80-70-69(78)68(77)67(76)64(60-72)81-70)63(73)56-52-48-44-40-36-14-12-10-8-6-4-2/h7,9,13,15-16,18,22,24,36,40,52,56,62-64,67-70,72-73,76-78H,3-6,8,10-12,14,17,19-21,23,25-35,37-39,41-51,53-55,57-61H2,1-2H3,(H,71,74)/b9-7-,15-13-,18-16-,24-22-,40-36+,56-52+. The molecule has 1 rings (SSSR count). The van der Waals surface area contributed by atoms with Crippen molar-refractivity contribution in [2.75, 3.05) is 19.8 Å². The number of rotatable bonds is 58. The van der Waals surface area contributed by atoms with Crippen LogP contribution in [0.5, 0.6) is 0 Å². The van der Waals surface area contributed by atoms with Gasteiger partial charge < -0.3 is 45.1 Å². The Balaban J connectivity index is 1.99. The highest BCUT2D eigenvalue weighted by atomic mass is 16.7. The van der Waals surface area contributed by atoms with Crippen molar-refractivity contribution in [1.82, 2.24) is 5.32 Å². The maximum Gasteiger partial charge on any atom is 0.305 e. The van der Waals surface area contributed by atoms with Gasteiger partial charge in [0.1, 0.15) is 24.4 Å². The van der Waals surface area contributed by atoms with E-state index >= 15 is 0 Å². The predicted molar refractivity (Wildman–Crippen MR) is 338 cm³/mol. The van der Waals surface area contributed by atoms with E-state index in [0.29, 0.717) is 19.4 Å². The van der Waals surface area contributed by atoms with Crippen molar-refractivity contribution in [3.8, 4) is 0 Å². The average Bonchev–Trinajstić information content (AvgIpc) is 3.51. The average molecular weight is 1140 g/mol. The van der Waals surface area contributed by atoms with Crippen molar-refractivity contribution < 1.29 is 49.3 Å². The Labute approximate surface area is 496 Å². The molecule has 0 aromatic heterocycles. The molecule has 0 saturated carbocycles. The third-order valence-corrected chi connectivity index (χ3v) is 15.5. The van der Waals surface area contributed by atoms with Crippen molar-refractivity contribution in [3.05, 3.63) is 72.9 Å². The molecular weight excluding hydrogens is 1010 g/mol. The van der Waals surface area contributed by atoms with E-state index in [1.165, 1.54) is 186 Å². The molecule has 0 radical (unpaired) electrons. The molecule has 0 aromatic carbocycles. The van der Waals surface area contributed by atoms with Crippen molar-refractivity contribution in [2.24, 2.45) is 0 Å². The molecule has 0 aliphatic carbocycles. The number of esters is 1. The van der Waals surface area contributed by atoms with Crippen LogP contribution in [0.15, 0.2) is 72.9 Å². The number of aliphatic hydroxyl groups excluding tert-OH is 5. The van der Waals surface area contributed by atoms with Crippen LogP contribution in [0.1, 0.15) is 296 Å². The van der Waals surface area contributed by atoms with Gasteiger partial charge in [-0.3, -0.25) is 9.59 Å². The first kappa shape index (κ1) is 76.1. The molecule has 1 saturated heterocycles. The van der Waals surface area contributed by atoms with Gasteiger partial charge >= 0.3 is 5.97 Å². The van der Waals surface area contributed by atoms with E-state index in [-0.39, 0.29) is 18.5 Å². The minimum atomic E-state index is -1.58. The third kappa shape index (κ3) is 48.1. The topological polar surface area (TPSA) is 175 Å². The zero-order valence-electron chi connectivity index (χ0n) is 52.0. The first-order chi connectivity index (χ1) is 39.7. The second kappa shape index (κ2) is 58.9. The molecule has 81 heavy (non-hydrogen) atoms. The van der Waals surface area contributed by atoms with Crippen molar-refractivity contribution in [2.45, 2.75) is 339 Å². The molecule has 1 aliphatic rings. The molecule has 11 heteroatoms. The van der Waals surface area contributed by atoms with Crippen LogP contribution >= 0.6 is 0 Å². The van der Waals surface area contributed by atoms with Gasteiger partial charge in [0.25, 0.3) is 0 Å². The summed E-state index contributed by atoms with van der Waals surface area (Å²) in [5, 5.41) is 54.3. The van der Waals surface area contributed by atoms with Crippen LogP contribution in [-0.2, 0) is 23.8 Å². The number of ether oxygens (including phenoxy) is 3. The minimum absolute atomic E-state index is 0.0131. The number of hydrogen-bond acceptors (Lipinski definition) is 10. The first-order valence-corrected chi connectivity index (χ1v) is 33.7. The normalized spacial score (nSPS) is 18.7. The van der Waals surface area contributed by atoms with Crippen LogP contribution in [-0.4, -0.2) is 100 Å². The Hall–Kier alpha value is -2.90. The second-order valence-electron chi connectivity index (χ2n) is 23.2. The van der Waals surface area contributed by atoms with E-state index in [1.807, 2.05) is 6.08 Å². The lowest BCUT2D eigenvalue weighted by Crippen LogP contribution is -2.60. The summed E-state index contributed by atoms with van der Waals surface area (Å²) in [4.78, 5) is 25.1. The monoisotopic (exact) mass is 1140 g/mol. The number of allylic oxidation sites excluding steroid dienone is 11. The summed E-state index contributed by atoms with van der Waals surface area (Å²) in [7, 11) is 0. The Bertz CT molecular complexity index is 1580. The highest BCUT2D eigenvalue weighted by Crippen LogP contribution is 2.23. The molecule has 7 unspecified atom stereocenters. The highest BCUT2D eigenvalue weighted by molar-refractivity contribution is 5.76. The lowest BCUT2D eigenvalue weighted by Gasteiger charge is -2.40. The molecule has 1 aliphatic heterocycles. The quantitative estimate of drug-likeness (QED) is 0.0195. The fourth-order valence-electron chi connectivity index (χ4n) is 10.2. The second-order valence-corrected chi connectivity index (χ2v) is 23.2. The summed E-state index contributed by atoms with van der Waals surface area (Å²) in [6.45, 7) is 4.24. The summed E-state index contributed by atoms with van der Waals surface area (Å²) in [6.07, 6.45) is 68.9. The van der Waals surface area contributed by atoms with Gasteiger partial charge in [-0.2, -0.15) is 0 Å². The summed E-state index contributed by atoms with van der Waals surface area (Å²) < 4.78 is 16.7. The molecule has 0 bridgehead atoms.